The van der Waals surface area contributed by atoms with Gasteiger partial charge >= 0.3 is 0 Å². The smallest absolute Gasteiger partial charge is 0.188 e. The van der Waals surface area contributed by atoms with Gasteiger partial charge in [-0.15, -0.1) is 0 Å². The Bertz CT molecular complexity index is 770. The number of methoxy groups -OCH3 is 2. The lowest BCUT2D eigenvalue weighted by Gasteiger charge is -2.42. The Morgan fingerprint density at radius 3 is 2.41 bits per heavy atom. The van der Waals surface area contributed by atoms with E-state index in [-0.39, 0.29) is 0 Å². The van der Waals surface area contributed by atoms with Gasteiger partial charge in [0.25, 0.3) is 0 Å². The second-order valence-electron chi connectivity index (χ2n) is 7.26. The first-order valence-electron chi connectivity index (χ1n) is 9.43. The van der Waals surface area contributed by atoms with Crippen LogP contribution in [0.3, 0.4) is 0 Å². The number of nitrogens with zero attached hydrogens (tertiary/aromatic N) is 1. The van der Waals surface area contributed by atoms with Gasteiger partial charge in [-0.1, -0.05) is 42.8 Å². The van der Waals surface area contributed by atoms with Gasteiger partial charge in [0, 0.05) is 6.54 Å². The number of ether oxygens (including phenoxy) is 2. The molecule has 3 N–H and O–H groups in total. The van der Waals surface area contributed by atoms with E-state index in [9.17, 15) is 0 Å². The number of hydrogen-bond acceptors (Lipinski definition) is 3. The van der Waals surface area contributed by atoms with Crippen LogP contribution in [0.4, 0.5) is 0 Å². The fraction of sp³-hybridized carbons (Fsp3) is 0.409. The molecule has 0 spiro atoms. The molecular formula is C22H29N3O2. The largest absolute Gasteiger partial charge is 0.493 e. The lowest BCUT2D eigenvalue weighted by molar-refractivity contribution is 0.137. The van der Waals surface area contributed by atoms with Crippen molar-refractivity contribution in [1.82, 2.24) is 5.32 Å². The highest BCUT2D eigenvalue weighted by Crippen LogP contribution is 2.43. The van der Waals surface area contributed by atoms with Gasteiger partial charge < -0.3 is 20.5 Å². The van der Waals surface area contributed by atoms with E-state index in [1.165, 1.54) is 24.8 Å². The summed E-state index contributed by atoms with van der Waals surface area (Å²) in [6.45, 7) is 1.37. The molecule has 0 bridgehead atoms. The van der Waals surface area contributed by atoms with E-state index < -0.39 is 0 Å². The van der Waals surface area contributed by atoms with Crippen LogP contribution in [0.25, 0.3) is 0 Å². The van der Waals surface area contributed by atoms with Crippen molar-refractivity contribution in [2.24, 2.45) is 16.1 Å². The number of benzene rings is 2. The van der Waals surface area contributed by atoms with Crippen LogP contribution in [-0.2, 0) is 13.0 Å². The predicted octanol–water partition coefficient (Wildman–Crippen LogP) is 3.52. The number of rotatable bonds is 8. The molecule has 1 fully saturated rings. The third kappa shape index (κ3) is 4.94. The van der Waals surface area contributed by atoms with Crippen molar-refractivity contribution in [2.75, 3.05) is 20.8 Å². The topological polar surface area (TPSA) is 68.9 Å². The number of guanidine groups is 1. The minimum atomic E-state index is 0.296. The number of aliphatic imine (C=N–C) groups is 1. The third-order valence-electron chi connectivity index (χ3n) is 5.36. The molecule has 0 saturated heterocycles. The third-order valence-corrected chi connectivity index (χ3v) is 5.36. The number of nitrogens with two attached hydrogens (primary N) is 1. The van der Waals surface area contributed by atoms with Crippen LogP contribution in [0, 0.1) is 5.41 Å². The monoisotopic (exact) mass is 367 g/mol. The maximum atomic E-state index is 6.11. The van der Waals surface area contributed by atoms with Crippen LogP contribution in [0.1, 0.15) is 30.4 Å². The molecule has 1 aliphatic rings. The van der Waals surface area contributed by atoms with E-state index in [2.05, 4.69) is 40.6 Å². The van der Waals surface area contributed by atoms with Crippen LogP contribution in [0.5, 0.6) is 11.5 Å². The molecule has 0 aromatic heterocycles. The summed E-state index contributed by atoms with van der Waals surface area (Å²) in [6, 6.07) is 16.5. The standard InChI is InChI=1S/C22H29N3O2/c1-26-19-10-9-18(13-20(19)27-2)15-24-21(23)25-16-22(11-6-12-22)14-17-7-4-3-5-8-17/h3-5,7-10,13H,6,11-12,14-16H2,1-2H3,(H3,23,24,25). The summed E-state index contributed by atoms with van der Waals surface area (Å²) in [5, 5.41) is 3.34. The molecule has 0 heterocycles. The molecule has 1 aliphatic carbocycles. The van der Waals surface area contributed by atoms with E-state index >= 15 is 0 Å². The fourth-order valence-electron chi connectivity index (χ4n) is 3.61. The summed E-state index contributed by atoms with van der Waals surface area (Å²) < 4.78 is 10.6. The van der Waals surface area contributed by atoms with Crippen LogP contribution >= 0.6 is 0 Å². The molecule has 3 rings (SSSR count). The Kier molecular flexibility index (Phi) is 6.22. The van der Waals surface area contributed by atoms with Crippen molar-refractivity contribution in [3.8, 4) is 11.5 Å². The van der Waals surface area contributed by atoms with Crippen molar-refractivity contribution in [2.45, 2.75) is 32.2 Å². The first-order chi connectivity index (χ1) is 13.1. The van der Waals surface area contributed by atoms with E-state index in [0.717, 1.165) is 18.5 Å². The summed E-state index contributed by atoms with van der Waals surface area (Å²) in [5.41, 5.74) is 8.82. The van der Waals surface area contributed by atoms with Crippen molar-refractivity contribution in [1.29, 1.82) is 0 Å². The Balaban J connectivity index is 1.56. The maximum absolute atomic E-state index is 6.11. The van der Waals surface area contributed by atoms with E-state index in [1.54, 1.807) is 14.2 Å². The van der Waals surface area contributed by atoms with E-state index in [0.29, 0.717) is 29.4 Å². The average Bonchev–Trinajstić information content (AvgIpc) is 2.68. The lowest BCUT2D eigenvalue weighted by Crippen LogP contribution is -2.45. The molecule has 0 radical (unpaired) electrons. The summed E-state index contributed by atoms with van der Waals surface area (Å²) in [4.78, 5) is 4.48. The zero-order valence-electron chi connectivity index (χ0n) is 16.2. The first kappa shape index (κ1) is 19.1. The van der Waals surface area contributed by atoms with E-state index in [1.807, 2.05) is 18.2 Å². The molecule has 0 amide bonds. The van der Waals surface area contributed by atoms with Gasteiger partial charge in [-0.2, -0.15) is 0 Å². The highest BCUT2D eigenvalue weighted by Gasteiger charge is 2.36. The van der Waals surface area contributed by atoms with Crippen LogP contribution in [0.2, 0.25) is 0 Å². The highest BCUT2D eigenvalue weighted by molar-refractivity contribution is 5.77. The Morgan fingerprint density at radius 2 is 1.78 bits per heavy atom. The molecule has 2 aromatic carbocycles. The summed E-state index contributed by atoms with van der Waals surface area (Å²) in [5.74, 6) is 1.90. The molecule has 27 heavy (non-hydrogen) atoms. The molecule has 2 aromatic rings. The van der Waals surface area contributed by atoms with Crippen molar-refractivity contribution >= 4 is 5.96 Å². The van der Waals surface area contributed by atoms with Crippen LogP contribution < -0.4 is 20.5 Å². The van der Waals surface area contributed by atoms with E-state index in [4.69, 9.17) is 15.2 Å². The highest BCUT2D eigenvalue weighted by atomic mass is 16.5. The molecule has 0 aliphatic heterocycles. The van der Waals surface area contributed by atoms with Crippen molar-refractivity contribution in [3.63, 3.8) is 0 Å². The quantitative estimate of drug-likeness (QED) is 0.553. The zero-order valence-corrected chi connectivity index (χ0v) is 16.2. The normalized spacial score (nSPS) is 15.7. The van der Waals surface area contributed by atoms with Gasteiger partial charge in [-0.3, -0.25) is 0 Å². The second kappa shape index (κ2) is 8.80. The van der Waals surface area contributed by atoms with Gasteiger partial charge in [-0.05, 0) is 47.9 Å². The lowest BCUT2D eigenvalue weighted by atomic mass is 9.65. The van der Waals surface area contributed by atoms with Gasteiger partial charge in [-0.25, -0.2) is 4.99 Å². The van der Waals surface area contributed by atoms with Gasteiger partial charge in [0.15, 0.2) is 17.5 Å². The Labute approximate surface area is 161 Å². The Hall–Kier alpha value is -2.69. The molecule has 5 heteroatoms. The minimum absolute atomic E-state index is 0.296. The minimum Gasteiger partial charge on any atom is -0.493 e. The molecular weight excluding hydrogens is 338 g/mol. The SMILES string of the molecule is COc1ccc(CN=C(N)NCC2(Cc3ccccc3)CCC2)cc1OC. The van der Waals surface area contributed by atoms with Crippen LogP contribution in [-0.4, -0.2) is 26.7 Å². The summed E-state index contributed by atoms with van der Waals surface area (Å²) >= 11 is 0. The zero-order chi connectivity index (χ0) is 19.1. The first-order valence-corrected chi connectivity index (χ1v) is 9.43. The predicted molar refractivity (Wildman–Crippen MR) is 109 cm³/mol. The van der Waals surface area contributed by atoms with Gasteiger partial charge in [0.05, 0.1) is 20.8 Å². The summed E-state index contributed by atoms with van der Waals surface area (Å²) in [6.07, 6.45) is 4.84. The maximum Gasteiger partial charge on any atom is 0.188 e. The molecule has 0 atom stereocenters. The Morgan fingerprint density at radius 1 is 1.04 bits per heavy atom. The van der Waals surface area contributed by atoms with Crippen molar-refractivity contribution in [3.05, 3.63) is 59.7 Å². The molecule has 5 nitrogen and oxygen atoms in total. The molecule has 1 saturated carbocycles. The van der Waals surface area contributed by atoms with Gasteiger partial charge in [0.1, 0.15) is 0 Å². The summed E-state index contributed by atoms with van der Waals surface area (Å²) in [7, 11) is 3.26. The molecule has 0 unspecified atom stereocenters. The fourth-order valence-corrected chi connectivity index (χ4v) is 3.61. The van der Waals surface area contributed by atoms with Crippen molar-refractivity contribution < 1.29 is 9.47 Å². The second-order valence-corrected chi connectivity index (χ2v) is 7.26. The van der Waals surface area contributed by atoms with Crippen LogP contribution in [0.15, 0.2) is 53.5 Å². The van der Waals surface area contributed by atoms with Gasteiger partial charge in [0.2, 0.25) is 0 Å². The number of nitrogens with one attached hydrogen (secondary N) is 1. The average molecular weight is 367 g/mol. The molecule has 144 valence electrons. The number of hydrogen-bond donors (Lipinski definition) is 2.